The van der Waals surface area contributed by atoms with Crippen molar-refractivity contribution in [2.24, 2.45) is 0 Å². The van der Waals surface area contributed by atoms with Crippen molar-refractivity contribution < 1.29 is 18.2 Å². The van der Waals surface area contributed by atoms with Crippen LogP contribution in [0, 0.1) is 0 Å². The summed E-state index contributed by atoms with van der Waals surface area (Å²) in [6.07, 6.45) is 0. The predicted molar refractivity (Wildman–Crippen MR) is 114 cm³/mol. The summed E-state index contributed by atoms with van der Waals surface area (Å²) < 4.78 is 23.5. The third-order valence-electron chi connectivity index (χ3n) is 4.12. The molecule has 0 aliphatic carbocycles. The standard InChI is InChI=1S/C22H22ClNO4S/c1-2-27-20-9-4-3-7-17(20)13-24-22(25)21-11-10-19(28-21)15-29(26)14-16-6-5-8-18(23)12-16/h3-12H,2,13-15H2,1H3,(H,24,25)/t29-/m1/s1. The van der Waals surface area contributed by atoms with Crippen LogP contribution >= 0.6 is 11.6 Å². The van der Waals surface area contributed by atoms with E-state index < -0.39 is 10.8 Å². The molecule has 0 saturated heterocycles. The van der Waals surface area contributed by atoms with Crippen molar-refractivity contribution in [2.75, 3.05) is 6.61 Å². The molecule has 3 rings (SSSR count). The number of furan rings is 1. The normalized spacial score (nSPS) is 11.8. The van der Waals surface area contributed by atoms with Crippen LogP contribution in [0.4, 0.5) is 0 Å². The van der Waals surface area contributed by atoms with Crippen LogP contribution in [0.2, 0.25) is 5.02 Å². The van der Waals surface area contributed by atoms with Crippen LogP contribution in [0.1, 0.15) is 34.4 Å². The molecule has 3 aromatic rings. The second-order valence-electron chi connectivity index (χ2n) is 6.35. The summed E-state index contributed by atoms with van der Waals surface area (Å²) >= 11 is 5.96. The first-order valence-corrected chi connectivity index (χ1v) is 11.1. The van der Waals surface area contributed by atoms with Crippen LogP contribution in [0.3, 0.4) is 0 Å². The summed E-state index contributed by atoms with van der Waals surface area (Å²) in [7, 11) is -1.17. The quantitative estimate of drug-likeness (QED) is 0.532. The molecule has 0 unspecified atom stereocenters. The van der Waals surface area contributed by atoms with E-state index in [2.05, 4.69) is 5.32 Å². The smallest absolute Gasteiger partial charge is 0.287 e. The highest BCUT2D eigenvalue weighted by atomic mass is 35.5. The molecule has 1 atom stereocenters. The van der Waals surface area contributed by atoms with Crippen molar-refractivity contribution in [1.29, 1.82) is 0 Å². The van der Waals surface area contributed by atoms with Gasteiger partial charge in [-0.1, -0.05) is 41.9 Å². The molecule has 1 N–H and O–H groups in total. The fourth-order valence-corrected chi connectivity index (χ4v) is 4.15. The second-order valence-corrected chi connectivity index (χ2v) is 8.24. The van der Waals surface area contributed by atoms with Gasteiger partial charge in [-0.25, -0.2) is 0 Å². The summed E-state index contributed by atoms with van der Waals surface area (Å²) in [6.45, 7) is 2.79. The Labute approximate surface area is 177 Å². The van der Waals surface area contributed by atoms with Crippen LogP contribution in [0.5, 0.6) is 5.75 Å². The molecule has 7 heteroatoms. The van der Waals surface area contributed by atoms with E-state index in [-0.39, 0.29) is 17.4 Å². The highest BCUT2D eigenvalue weighted by Crippen LogP contribution is 2.18. The Morgan fingerprint density at radius 3 is 2.72 bits per heavy atom. The van der Waals surface area contributed by atoms with E-state index in [1.165, 1.54) is 0 Å². The van der Waals surface area contributed by atoms with Crippen molar-refractivity contribution in [3.05, 3.63) is 88.3 Å². The Hall–Kier alpha value is -2.57. The van der Waals surface area contributed by atoms with Gasteiger partial charge in [0.2, 0.25) is 0 Å². The molecule has 5 nitrogen and oxygen atoms in total. The average Bonchev–Trinajstić information content (AvgIpc) is 3.15. The Kier molecular flexibility index (Phi) is 7.49. The largest absolute Gasteiger partial charge is 0.494 e. The van der Waals surface area contributed by atoms with Gasteiger partial charge < -0.3 is 14.5 Å². The van der Waals surface area contributed by atoms with Gasteiger partial charge in [-0.2, -0.15) is 0 Å². The molecule has 0 bridgehead atoms. The lowest BCUT2D eigenvalue weighted by Crippen LogP contribution is -2.22. The number of carbonyl (C=O) groups is 1. The summed E-state index contributed by atoms with van der Waals surface area (Å²) in [5, 5.41) is 3.44. The lowest BCUT2D eigenvalue weighted by atomic mass is 10.2. The summed E-state index contributed by atoms with van der Waals surface area (Å²) in [4.78, 5) is 12.4. The van der Waals surface area contributed by atoms with Gasteiger partial charge in [0.15, 0.2) is 5.76 Å². The van der Waals surface area contributed by atoms with Crippen LogP contribution in [-0.4, -0.2) is 16.7 Å². The highest BCUT2D eigenvalue weighted by molar-refractivity contribution is 7.83. The Morgan fingerprint density at radius 2 is 1.93 bits per heavy atom. The average molecular weight is 432 g/mol. The number of para-hydroxylation sites is 1. The van der Waals surface area contributed by atoms with Gasteiger partial charge in [-0.15, -0.1) is 0 Å². The molecule has 0 saturated carbocycles. The van der Waals surface area contributed by atoms with Gasteiger partial charge in [0.1, 0.15) is 11.5 Å². The molecule has 2 aromatic carbocycles. The van der Waals surface area contributed by atoms with E-state index in [1.54, 1.807) is 24.3 Å². The number of benzene rings is 2. The molecule has 0 spiro atoms. The Bertz CT molecular complexity index is 1000. The summed E-state index contributed by atoms with van der Waals surface area (Å²) in [5.74, 6) is 1.71. The second kappa shape index (κ2) is 10.3. The third-order valence-corrected chi connectivity index (χ3v) is 5.61. The number of hydrogen-bond donors (Lipinski definition) is 1. The lowest BCUT2D eigenvalue weighted by Gasteiger charge is -2.10. The van der Waals surface area contributed by atoms with Crippen molar-refractivity contribution >= 4 is 28.3 Å². The first kappa shape index (κ1) is 21.1. The minimum absolute atomic E-state index is 0.189. The van der Waals surface area contributed by atoms with Gasteiger partial charge in [-0.05, 0) is 42.8 Å². The molecule has 1 amide bonds. The van der Waals surface area contributed by atoms with Crippen molar-refractivity contribution in [2.45, 2.75) is 25.0 Å². The van der Waals surface area contributed by atoms with Gasteiger partial charge in [0.05, 0.1) is 12.4 Å². The van der Waals surface area contributed by atoms with E-state index in [1.807, 2.05) is 43.3 Å². The number of hydrogen-bond acceptors (Lipinski definition) is 4. The van der Waals surface area contributed by atoms with Crippen LogP contribution in [0.15, 0.2) is 65.1 Å². The maximum atomic E-state index is 12.4. The number of amides is 1. The molecule has 152 valence electrons. The zero-order chi connectivity index (χ0) is 20.6. The fourth-order valence-electron chi connectivity index (χ4n) is 2.81. The van der Waals surface area contributed by atoms with E-state index in [0.29, 0.717) is 29.7 Å². The van der Waals surface area contributed by atoms with E-state index in [9.17, 15) is 9.00 Å². The maximum absolute atomic E-state index is 12.4. The van der Waals surface area contributed by atoms with Gasteiger partial charge in [-0.3, -0.25) is 9.00 Å². The molecule has 1 aromatic heterocycles. The van der Waals surface area contributed by atoms with Crippen LogP contribution in [0.25, 0.3) is 0 Å². The van der Waals surface area contributed by atoms with Gasteiger partial charge in [0.25, 0.3) is 5.91 Å². The van der Waals surface area contributed by atoms with E-state index in [4.69, 9.17) is 20.8 Å². The van der Waals surface area contributed by atoms with Crippen molar-refractivity contribution in [1.82, 2.24) is 5.32 Å². The topological polar surface area (TPSA) is 68.5 Å². The number of carbonyl (C=O) groups excluding carboxylic acids is 1. The molecule has 0 aliphatic rings. The number of rotatable bonds is 9. The first-order valence-electron chi connectivity index (χ1n) is 9.22. The summed E-state index contributed by atoms with van der Waals surface area (Å²) in [6, 6.07) is 18.1. The molecule has 1 heterocycles. The number of halogens is 1. The third kappa shape index (κ3) is 6.21. The summed E-state index contributed by atoms with van der Waals surface area (Å²) in [5.41, 5.74) is 1.78. The fraction of sp³-hybridized carbons (Fsp3) is 0.227. The molecular formula is C22H22ClNO4S. The zero-order valence-electron chi connectivity index (χ0n) is 16.0. The Balaban J connectivity index is 1.55. The predicted octanol–water partition coefficient (Wildman–Crippen LogP) is 4.71. The minimum atomic E-state index is -1.17. The molecular weight excluding hydrogens is 410 g/mol. The van der Waals surface area contributed by atoms with E-state index >= 15 is 0 Å². The first-order chi connectivity index (χ1) is 14.0. The minimum Gasteiger partial charge on any atom is -0.494 e. The highest BCUT2D eigenvalue weighted by Gasteiger charge is 2.14. The van der Waals surface area contributed by atoms with Gasteiger partial charge >= 0.3 is 0 Å². The number of nitrogens with one attached hydrogen (secondary N) is 1. The Morgan fingerprint density at radius 1 is 1.10 bits per heavy atom. The number of ether oxygens (including phenoxy) is 1. The molecule has 0 aliphatic heterocycles. The lowest BCUT2D eigenvalue weighted by molar-refractivity contribution is 0.0921. The molecule has 0 radical (unpaired) electrons. The van der Waals surface area contributed by atoms with Crippen molar-refractivity contribution in [3.63, 3.8) is 0 Å². The maximum Gasteiger partial charge on any atom is 0.287 e. The van der Waals surface area contributed by atoms with Gasteiger partial charge in [0, 0.05) is 33.7 Å². The molecule has 29 heavy (non-hydrogen) atoms. The molecule has 0 fully saturated rings. The monoisotopic (exact) mass is 431 g/mol. The van der Waals surface area contributed by atoms with Crippen LogP contribution < -0.4 is 10.1 Å². The van der Waals surface area contributed by atoms with Crippen molar-refractivity contribution in [3.8, 4) is 5.75 Å². The van der Waals surface area contributed by atoms with Crippen LogP contribution in [-0.2, 0) is 28.9 Å². The van der Waals surface area contributed by atoms with E-state index in [0.717, 1.165) is 16.9 Å². The zero-order valence-corrected chi connectivity index (χ0v) is 17.6. The SMILES string of the molecule is CCOc1ccccc1CNC(=O)c1ccc(C[S@](=O)Cc2cccc(Cl)c2)o1.